The quantitative estimate of drug-likeness (QED) is 0.357. The van der Waals surface area contributed by atoms with Crippen molar-refractivity contribution >= 4 is 11.0 Å². The second-order valence-electron chi connectivity index (χ2n) is 9.34. The number of hydrogen-bond acceptors (Lipinski definition) is 4. The van der Waals surface area contributed by atoms with E-state index in [-0.39, 0.29) is 6.61 Å². The van der Waals surface area contributed by atoms with Crippen LogP contribution in [0.1, 0.15) is 39.2 Å². The Morgan fingerprint density at radius 2 is 1.32 bits per heavy atom. The van der Waals surface area contributed by atoms with Crippen molar-refractivity contribution in [3.8, 4) is 11.5 Å². The summed E-state index contributed by atoms with van der Waals surface area (Å²) in [6, 6.07) is 16.4. The number of aromatic nitrogens is 2. The molecule has 1 unspecified atom stereocenters. The topological polar surface area (TPSA) is 56.5 Å². The number of rotatable bonds is 8. The van der Waals surface area contributed by atoms with Gasteiger partial charge >= 0.3 is 0 Å². The van der Waals surface area contributed by atoms with Gasteiger partial charge < -0.3 is 19.1 Å². The monoisotopic (exact) mass is 458 g/mol. The number of imidazole rings is 1. The summed E-state index contributed by atoms with van der Waals surface area (Å²) >= 11 is 0. The van der Waals surface area contributed by atoms with E-state index in [1.54, 1.807) is 0 Å². The maximum absolute atomic E-state index is 10.9. The van der Waals surface area contributed by atoms with Crippen LogP contribution in [0.3, 0.4) is 0 Å². The summed E-state index contributed by atoms with van der Waals surface area (Å²) < 4.78 is 14.3. The van der Waals surface area contributed by atoms with Crippen molar-refractivity contribution in [1.82, 2.24) is 9.55 Å². The van der Waals surface area contributed by atoms with Gasteiger partial charge in [0.1, 0.15) is 36.6 Å². The number of aliphatic hydroxyl groups excluding tert-OH is 1. The lowest BCUT2D eigenvalue weighted by atomic mass is 10.1. The van der Waals surface area contributed by atoms with E-state index in [1.165, 1.54) is 11.1 Å². The molecule has 5 heteroatoms. The maximum Gasteiger partial charge on any atom is 0.148 e. The fraction of sp³-hybridized carbons (Fsp3) is 0.345. The normalized spacial score (nSPS) is 12.2. The highest BCUT2D eigenvalue weighted by Gasteiger charge is 2.17. The zero-order valence-electron chi connectivity index (χ0n) is 21.0. The maximum atomic E-state index is 10.9. The van der Waals surface area contributed by atoms with Crippen LogP contribution < -0.4 is 9.47 Å². The second kappa shape index (κ2) is 9.90. The van der Waals surface area contributed by atoms with Crippen LogP contribution in [0.5, 0.6) is 11.5 Å². The first kappa shape index (κ1) is 23.8. The second-order valence-corrected chi connectivity index (χ2v) is 9.34. The van der Waals surface area contributed by atoms with E-state index >= 15 is 0 Å². The zero-order valence-corrected chi connectivity index (χ0v) is 21.0. The van der Waals surface area contributed by atoms with E-state index in [0.717, 1.165) is 50.6 Å². The minimum absolute atomic E-state index is 0.202. The van der Waals surface area contributed by atoms with E-state index in [1.807, 2.05) is 42.7 Å². The van der Waals surface area contributed by atoms with Crippen LogP contribution in [-0.4, -0.2) is 27.4 Å². The lowest BCUT2D eigenvalue weighted by Gasteiger charge is -2.19. The molecule has 0 bridgehead atoms. The van der Waals surface area contributed by atoms with Crippen molar-refractivity contribution in [2.75, 3.05) is 6.61 Å². The third-order valence-corrected chi connectivity index (χ3v) is 6.10. The van der Waals surface area contributed by atoms with Crippen LogP contribution >= 0.6 is 0 Å². The number of aryl methyl sites for hydroxylation is 6. The fourth-order valence-corrected chi connectivity index (χ4v) is 4.81. The number of hydrogen-bond donors (Lipinski definition) is 1. The van der Waals surface area contributed by atoms with Gasteiger partial charge in [-0.05, 0) is 75.9 Å². The first-order valence-electron chi connectivity index (χ1n) is 11.8. The Balaban J connectivity index is 1.53. The summed E-state index contributed by atoms with van der Waals surface area (Å²) in [6.07, 6.45) is -0.695. The van der Waals surface area contributed by atoms with Gasteiger partial charge in [0.25, 0.3) is 0 Å². The molecule has 34 heavy (non-hydrogen) atoms. The molecular formula is C29H34N2O3. The number of benzene rings is 3. The summed E-state index contributed by atoms with van der Waals surface area (Å²) in [7, 11) is 0. The van der Waals surface area contributed by atoms with Crippen LogP contribution in [0.4, 0.5) is 0 Å². The van der Waals surface area contributed by atoms with Crippen molar-refractivity contribution in [1.29, 1.82) is 0 Å². The van der Waals surface area contributed by atoms with Gasteiger partial charge in [0.05, 0.1) is 17.6 Å². The zero-order chi connectivity index (χ0) is 24.4. The molecule has 178 valence electrons. The van der Waals surface area contributed by atoms with Crippen molar-refractivity contribution < 1.29 is 14.6 Å². The van der Waals surface area contributed by atoms with Crippen molar-refractivity contribution in [3.63, 3.8) is 0 Å². The predicted molar refractivity (Wildman–Crippen MR) is 137 cm³/mol. The molecule has 1 atom stereocenters. The smallest absolute Gasteiger partial charge is 0.148 e. The molecule has 0 spiro atoms. The van der Waals surface area contributed by atoms with Crippen molar-refractivity contribution in [2.24, 2.45) is 0 Å². The third kappa shape index (κ3) is 5.10. The van der Waals surface area contributed by atoms with Crippen LogP contribution in [0.25, 0.3) is 11.0 Å². The van der Waals surface area contributed by atoms with E-state index in [4.69, 9.17) is 14.5 Å². The summed E-state index contributed by atoms with van der Waals surface area (Å²) in [4.78, 5) is 4.80. The van der Waals surface area contributed by atoms with Crippen LogP contribution in [-0.2, 0) is 13.2 Å². The number of para-hydroxylation sites is 2. The molecule has 4 aromatic rings. The summed E-state index contributed by atoms with van der Waals surface area (Å²) in [6.45, 7) is 13.3. The standard InChI is InChI=1S/C29H34N2O3/c1-18-11-20(3)28(21(4)12-18)33-16-24(32)15-31-26-10-8-7-9-25(26)30-27(31)17-34-29-22(5)13-19(2)14-23(29)6/h7-14,24,32H,15-17H2,1-6H3. The van der Waals surface area contributed by atoms with Gasteiger partial charge in [-0.15, -0.1) is 0 Å². The Morgan fingerprint density at radius 1 is 0.794 bits per heavy atom. The van der Waals surface area contributed by atoms with Crippen molar-refractivity contribution in [3.05, 3.63) is 87.7 Å². The molecule has 0 aliphatic rings. The largest absolute Gasteiger partial charge is 0.490 e. The Kier molecular flexibility index (Phi) is 6.94. The lowest BCUT2D eigenvalue weighted by molar-refractivity contribution is 0.0911. The minimum atomic E-state index is -0.695. The van der Waals surface area contributed by atoms with E-state index in [0.29, 0.717) is 13.2 Å². The van der Waals surface area contributed by atoms with E-state index in [9.17, 15) is 5.11 Å². The van der Waals surface area contributed by atoms with Gasteiger partial charge in [-0.1, -0.05) is 47.5 Å². The number of aliphatic hydroxyl groups is 1. The molecule has 1 N–H and O–H groups in total. The van der Waals surface area contributed by atoms with E-state index < -0.39 is 6.10 Å². The molecule has 1 heterocycles. The highest BCUT2D eigenvalue weighted by atomic mass is 16.5. The summed E-state index contributed by atoms with van der Waals surface area (Å²) in [5.41, 5.74) is 8.66. The molecule has 0 fully saturated rings. The third-order valence-electron chi connectivity index (χ3n) is 6.10. The number of ether oxygens (including phenoxy) is 2. The van der Waals surface area contributed by atoms with Gasteiger partial charge in [-0.3, -0.25) is 0 Å². The fourth-order valence-electron chi connectivity index (χ4n) is 4.81. The summed E-state index contributed by atoms with van der Waals surface area (Å²) in [5.74, 6) is 2.51. The van der Waals surface area contributed by atoms with Gasteiger partial charge in [-0.2, -0.15) is 0 Å². The van der Waals surface area contributed by atoms with Crippen LogP contribution in [0.15, 0.2) is 48.5 Å². The van der Waals surface area contributed by atoms with Crippen LogP contribution in [0, 0.1) is 41.5 Å². The first-order chi connectivity index (χ1) is 16.2. The SMILES string of the molecule is Cc1cc(C)c(OCc2nc3ccccc3n2CC(O)COc2c(C)cc(C)cc2C)c(C)c1. The van der Waals surface area contributed by atoms with Gasteiger partial charge in [-0.25, -0.2) is 4.98 Å². The molecule has 4 rings (SSSR count). The average molecular weight is 459 g/mol. The average Bonchev–Trinajstić information content (AvgIpc) is 3.09. The molecule has 1 aromatic heterocycles. The predicted octanol–water partition coefficient (Wildman–Crippen LogP) is 5.91. The van der Waals surface area contributed by atoms with Gasteiger partial charge in [0.2, 0.25) is 0 Å². The molecule has 0 aliphatic heterocycles. The Bertz CT molecular complexity index is 1280. The molecule has 0 aliphatic carbocycles. The van der Waals surface area contributed by atoms with E-state index in [2.05, 4.69) is 52.0 Å². The number of fused-ring (bicyclic) bond motifs is 1. The van der Waals surface area contributed by atoms with Gasteiger partial charge in [0.15, 0.2) is 0 Å². The highest BCUT2D eigenvalue weighted by Crippen LogP contribution is 2.27. The molecule has 0 radical (unpaired) electrons. The Hall–Kier alpha value is -3.31. The van der Waals surface area contributed by atoms with Gasteiger partial charge in [0, 0.05) is 0 Å². The first-order valence-corrected chi connectivity index (χ1v) is 11.8. The molecule has 0 amide bonds. The molecule has 3 aromatic carbocycles. The minimum Gasteiger partial charge on any atom is -0.490 e. The molecule has 5 nitrogen and oxygen atoms in total. The highest BCUT2D eigenvalue weighted by molar-refractivity contribution is 5.75. The van der Waals surface area contributed by atoms with Crippen molar-refractivity contribution in [2.45, 2.75) is 60.8 Å². The lowest BCUT2D eigenvalue weighted by Crippen LogP contribution is -2.25. The molecule has 0 saturated heterocycles. The summed E-state index contributed by atoms with van der Waals surface area (Å²) in [5, 5.41) is 10.9. The molecular weight excluding hydrogens is 424 g/mol. The molecule has 0 saturated carbocycles. The number of nitrogens with zero attached hydrogens (tertiary/aromatic N) is 2. The van der Waals surface area contributed by atoms with Crippen LogP contribution in [0.2, 0.25) is 0 Å². The Morgan fingerprint density at radius 3 is 1.91 bits per heavy atom. The Labute approximate surface area is 202 Å².